The van der Waals surface area contributed by atoms with Crippen LogP contribution in [0.2, 0.25) is 0 Å². The average Bonchev–Trinajstić information content (AvgIpc) is 2.92. The molecule has 0 bridgehead atoms. The third-order valence-electron chi connectivity index (χ3n) is 3.66. The first-order chi connectivity index (χ1) is 10.1. The van der Waals surface area contributed by atoms with E-state index in [0.717, 1.165) is 29.8 Å². The van der Waals surface area contributed by atoms with Crippen LogP contribution in [0.4, 0.5) is 9.39 Å². The molecule has 21 heavy (non-hydrogen) atoms. The molecule has 2 heterocycles. The van der Waals surface area contributed by atoms with Gasteiger partial charge in [0, 0.05) is 20.1 Å². The first-order valence-corrected chi connectivity index (χ1v) is 7.81. The van der Waals surface area contributed by atoms with Crippen molar-refractivity contribution in [2.45, 2.75) is 19.4 Å². The number of anilines is 1. The van der Waals surface area contributed by atoms with Crippen LogP contribution in [-0.2, 0) is 13.0 Å². The van der Waals surface area contributed by atoms with E-state index < -0.39 is 0 Å². The van der Waals surface area contributed by atoms with Gasteiger partial charge in [-0.15, -0.1) is 11.3 Å². The number of amides is 1. The monoisotopic (exact) mass is 304 g/mol. The Balaban J connectivity index is 1.67. The lowest BCUT2D eigenvalue weighted by Gasteiger charge is -2.23. The van der Waals surface area contributed by atoms with E-state index in [1.165, 1.54) is 22.7 Å². The lowest BCUT2D eigenvalue weighted by Crippen LogP contribution is -2.22. The highest BCUT2D eigenvalue weighted by Gasteiger charge is 2.20. The van der Waals surface area contributed by atoms with Crippen molar-refractivity contribution in [2.24, 2.45) is 0 Å². The molecule has 0 atom stereocenters. The van der Waals surface area contributed by atoms with Crippen molar-refractivity contribution < 1.29 is 9.18 Å². The summed E-state index contributed by atoms with van der Waals surface area (Å²) in [5.41, 5.74) is 2.16. The molecule has 1 N–H and O–H groups in total. The summed E-state index contributed by atoms with van der Waals surface area (Å²) in [5.74, 6) is -0.328. The fourth-order valence-corrected chi connectivity index (χ4v) is 3.63. The van der Waals surface area contributed by atoms with Crippen LogP contribution in [0.5, 0.6) is 0 Å². The molecule has 0 spiro atoms. The highest BCUT2D eigenvalue weighted by molar-refractivity contribution is 7.18. The number of carbonyl (C=O) groups excluding carboxylic acids is 1. The van der Waals surface area contributed by atoms with E-state index >= 15 is 0 Å². The molecular formula is C16H17FN2OS. The number of carbonyl (C=O) groups is 1. The predicted molar refractivity (Wildman–Crippen MR) is 83.5 cm³/mol. The van der Waals surface area contributed by atoms with Gasteiger partial charge in [-0.1, -0.05) is 12.1 Å². The maximum Gasteiger partial charge on any atom is 0.261 e. The number of hydrogen-bond donors (Lipinski definition) is 1. The average molecular weight is 304 g/mol. The molecule has 0 radical (unpaired) electrons. The third kappa shape index (κ3) is 3.08. The smallest absolute Gasteiger partial charge is 0.261 e. The van der Waals surface area contributed by atoms with Gasteiger partial charge in [0.25, 0.3) is 5.91 Å². The molecule has 0 saturated heterocycles. The van der Waals surface area contributed by atoms with Crippen LogP contribution in [-0.4, -0.2) is 19.5 Å². The van der Waals surface area contributed by atoms with Gasteiger partial charge in [-0.25, -0.2) is 4.39 Å². The second-order valence-corrected chi connectivity index (χ2v) is 6.31. The van der Waals surface area contributed by atoms with Crippen molar-refractivity contribution in [2.75, 3.05) is 18.5 Å². The highest BCUT2D eigenvalue weighted by Crippen LogP contribution is 2.34. The molecule has 1 aliphatic heterocycles. The van der Waals surface area contributed by atoms with Crippen molar-refractivity contribution >= 4 is 22.2 Å². The Labute approximate surface area is 127 Å². The summed E-state index contributed by atoms with van der Waals surface area (Å²) in [5, 5.41) is 4.09. The Hall–Kier alpha value is -1.88. The summed E-state index contributed by atoms with van der Waals surface area (Å²) in [6.07, 6.45) is 2.18. The Bertz CT molecular complexity index is 651. The Kier molecular flexibility index (Phi) is 3.92. The van der Waals surface area contributed by atoms with E-state index in [1.54, 1.807) is 23.5 Å². The van der Waals surface area contributed by atoms with Crippen molar-refractivity contribution in [1.29, 1.82) is 0 Å². The van der Waals surface area contributed by atoms with Crippen molar-refractivity contribution in [3.63, 3.8) is 0 Å². The second kappa shape index (κ2) is 5.85. The van der Waals surface area contributed by atoms with Gasteiger partial charge in [-0.3, -0.25) is 4.79 Å². The zero-order valence-electron chi connectivity index (χ0n) is 11.9. The number of thiophene rings is 1. The fourth-order valence-electron chi connectivity index (χ4n) is 2.51. The summed E-state index contributed by atoms with van der Waals surface area (Å²) in [7, 11) is 2.06. The maximum absolute atomic E-state index is 12.8. The first kappa shape index (κ1) is 14.1. The minimum Gasteiger partial charge on any atom is -0.366 e. The van der Waals surface area contributed by atoms with Gasteiger partial charge in [-0.05, 0) is 42.2 Å². The zero-order valence-corrected chi connectivity index (χ0v) is 12.7. The lowest BCUT2D eigenvalue weighted by molar-refractivity contribution is 0.0955. The molecule has 2 aromatic rings. The molecule has 0 saturated carbocycles. The Morgan fingerprint density at radius 3 is 2.86 bits per heavy atom. The number of nitrogens with zero attached hydrogens (tertiary/aromatic N) is 1. The normalized spacial score (nSPS) is 13.9. The standard InChI is InChI=1S/C16H17FN2OS/c1-19-8-2-3-12-9-14(21-16(12)19)15(20)18-10-11-4-6-13(17)7-5-11/h4-7,9H,2-3,8,10H2,1H3,(H,18,20). The number of rotatable bonds is 3. The largest absolute Gasteiger partial charge is 0.366 e. The van der Waals surface area contributed by atoms with Gasteiger partial charge in [0.2, 0.25) is 0 Å². The van der Waals surface area contributed by atoms with Crippen LogP contribution >= 0.6 is 11.3 Å². The van der Waals surface area contributed by atoms with E-state index in [1.807, 2.05) is 6.07 Å². The Morgan fingerprint density at radius 1 is 1.38 bits per heavy atom. The number of hydrogen-bond acceptors (Lipinski definition) is 3. The third-order valence-corrected chi connectivity index (χ3v) is 4.95. The van der Waals surface area contributed by atoms with E-state index in [9.17, 15) is 9.18 Å². The van der Waals surface area contributed by atoms with Crippen molar-refractivity contribution in [3.8, 4) is 0 Å². The van der Waals surface area contributed by atoms with Gasteiger partial charge >= 0.3 is 0 Å². The first-order valence-electron chi connectivity index (χ1n) is 7.00. The van der Waals surface area contributed by atoms with E-state index in [4.69, 9.17) is 0 Å². The van der Waals surface area contributed by atoms with Gasteiger partial charge in [0.15, 0.2) is 0 Å². The summed E-state index contributed by atoms with van der Waals surface area (Å²) < 4.78 is 12.8. The molecule has 1 aromatic heterocycles. The van der Waals surface area contributed by atoms with Gasteiger partial charge in [0.1, 0.15) is 5.82 Å². The molecule has 0 fully saturated rings. The van der Waals surface area contributed by atoms with Crippen molar-refractivity contribution in [3.05, 3.63) is 52.2 Å². The summed E-state index contributed by atoms with van der Waals surface area (Å²) in [6.45, 7) is 1.46. The SMILES string of the molecule is CN1CCCc2cc(C(=O)NCc3ccc(F)cc3)sc21. The van der Waals surface area contributed by atoms with Gasteiger partial charge in [-0.2, -0.15) is 0 Å². The molecule has 0 unspecified atom stereocenters. The molecule has 3 rings (SSSR count). The van der Waals surface area contributed by atoms with Crippen LogP contribution in [0.1, 0.15) is 27.2 Å². The summed E-state index contributed by atoms with van der Waals surface area (Å²) in [4.78, 5) is 15.2. The number of nitrogens with one attached hydrogen (secondary N) is 1. The predicted octanol–water partition coefficient (Wildman–Crippen LogP) is 3.20. The molecule has 1 aromatic carbocycles. The molecule has 3 nitrogen and oxygen atoms in total. The molecule has 110 valence electrons. The molecule has 0 aliphatic carbocycles. The number of fused-ring (bicyclic) bond motifs is 1. The molecule has 5 heteroatoms. The second-order valence-electron chi connectivity index (χ2n) is 5.28. The number of benzene rings is 1. The quantitative estimate of drug-likeness (QED) is 0.944. The molecular weight excluding hydrogens is 287 g/mol. The lowest BCUT2D eigenvalue weighted by atomic mass is 10.1. The molecule has 1 aliphatic rings. The van der Waals surface area contributed by atoms with Gasteiger partial charge < -0.3 is 10.2 Å². The zero-order chi connectivity index (χ0) is 14.8. The number of halogens is 1. The molecule has 1 amide bonds. The summed E-state index contributed by atoms with van der Waals surface area (Å²) >= 11 is 1.54. The van der Waals surface area contributed by atoms with E-state index in [0.29, 0.717) is 6.54 Å². The van der Waals surface area contributed by atoms with Crippen LogP contribution in [0.3, 0.4) is 0 Å². The van der Waals surface area contributed by atoms with E-state index in [-0.39, 0.29) is 11.7 Å². The van der Waals surface area contributed by atoms with Crippen LogP contribution in [0.25, 0.3) is 0 Å². The maximum atomic E-state index is 12.8. The van der Waals surface area contributed by atoms with Crippen LogP contribution in [0.15, 0.2) is 30.3 Å². The minimum atomic E-state index is -0.265. The fraction of sp³-hybridized carbons (Fsp3) is 0.312. The van der Waals surface area contributed by atoms with Crippen LogP contribution < -0.4 is 10.2 Å². The topological polar surface area (TPSA) is 32.3 Å². The summed E-state index contributed by atoms with van der Waals surface area (Å²) in [6, 6.07) is 8.17. The Morgan fingerprint density at radius 2 is 2.14 bits per heavy atom. The van der Waals surface area contributed by atoms with Crippen LogP contribution in [0, 0.1) is 5.82 Å². The number of aryl methyl sites for hydroxylation is 1. The van der Waals surface area contributed by atoms with E-state index in [2.05, 4.69) is 17.3 Å². The van der Waals surface area contributed by atoms with Gasteiger partial charge in [0.05, 0.1) is 9.88 Å². The minimum absolute atomic E-state index is 0.0628. The van der Waals surface area contributed by atoms with Crippen molar-refractivity contribution in [1.82, 2.24) is 5.32 Å². The highest BCUT2D eigenvalue weighted by atomic mass is 32.1.